The molecule has 0 aliphatic heterocycles. The second-order valence-electron chi connectivity index (χ2n) is 4.23. The molecule has 0 atom stereocenters. The highest BCUT2D eigenvalue weighted by atomic mass is 32.1. The van der Waals surface area contributed by atoms with Gasteiger partial charge in [-0.25, -0.2) is 4.79 Å². The summed E-state index contributed by atoms with van der Waals surface area (Å²) in [5.74, 6) is -0.364. The molecule has 1 aromatic carbocycles. The van der Waals surface area contributed by atoms with E-state index in [1.54, 1.807) is 11.6 Å². The highest BCUT2D eigenvalue weighted by Gasteiger charge is 2.08. The summed E-state index contributed by atoms with van der Waals surface area (Å²) >= 11 is 1.16. The largest absolute Gasteiger partial charge is 0.488 e. The SMILES string of the molecule is O=C(O)c1cc(OCc2cccc3cccnc23)cs1. The quantitative estimate of drug-likeness (QED) is 0.796. The van der Waals surface area contributed by atoms with Gasteiger partial charge in [-0.05, 0) is 6.07 Å². The molecule has 0 spiro atoms. The standard InChI is InChI=1S/C15H11NO3S/c17-15(18)13-7-12(9-20-13)19-8-11-4-1-3-10-5-2-6-16-14(10)11/h1-7,9H,8H2,(H,17,18). The lowest BCUT2D eigenvalue weighted by atomic mass is 10.1. The predicted molar refractivity (Wildman–Crippen MR) is 77.4 cm³/mol. The van der Waals surface area contributed by atoms with Crippen molar-refractivity contribution in [3.63, 3.8) is 0 Å². The molecule has 0 fully saturated rings. The monoisotopic (exact) mass is 285 g/mol. The average Bonchev–Trinajstić information content (AvgIpc) is 2.94. The van der Waals surface area contributed by atoms with Crippen molar-refractivity contribution in [1.29, 1.82) is 0 Å². The maximum atomic E-state index is 10.8. The highest BCUT2D eigenvalue weighted by molar-refractivity contribution is 7.12. The molecule has 0 bridgehead atoms. The van der Waals surface area contributed by atoms with Crippen LogP contribution in [0.15, 0.2) is 48.0 Å². The second-order valence-corrected chi connectivity index (χ2v) is 5.14. The van der Waals surface area contributed by atoms with E-state index in [-0.39, 0.29) is 4.88 Å². The summed E-state index contributed by atoms with van der Waals surface area (Å²) in [4.78, 5) is 15.4. The molecule has 3 rings (SSSR count). The van der Waals surface area contributed by atoms with Gasteiger partial charge in [0.15, 0.2) is 0 Å². The Bertz CT molecular complexity index is 761. The first-order chi connectivity index (χ1) is 9.74. The van der Waals surface area contributed by atoms with E-state index in [1.165, 1.54) is 6.07 Å². The van der Waals surface area contributed by atoms with Crippen LogP contribution >= 0.6 is 11.3 Å². The predicted octanol–water partition coefficient (Wildman–Crippen LogP) is 3.57. The van der Waals surface area contributed by atoms with Crippen molar-refractivity contribution in [2.24, 2.45) is 0 Å². The molecule has 2 aromatic heterocycles. The molecule has 100 valence electrons. The van der Waals surface area contributed by atoms with Gasteiger partial charge < -0.3 is 9.84 Å². The molecule has 0 saturated carbocycles. The molecule has 5 heteroatoms. The maximum absolute atomic E-state index is 10.8. The minimum atomic E-state index is -0.934. The van der Waals surface area contributed by atoms with Crippen LogP contribution in [-0.2, 0) is 6.61 Å². The first-order valence-corrected chi connectivity index (χ1v) is 6.89. The van der Waals surface area contributed by atoms with Gasteiger partial charge in [0.2, 0.25) is 0 Å². The number of benzene rings is 1. The number of ether oxygens (including phenoxy) is 1. The molecular formula is C15H11NO3S. The zero-order valence-corrected chi connectivity index (χ0v) is 11.3. The minimum absolute atomic E-state index is 0.274. The van der Waals surface area contributed by atoms with E-state index in [0.29, 0.717) is 12.4 Å². The zero-order chi connectivity index (χ0) is 13.9. The Kier molecular flexibility index (Phi) is 3.35. The number of carboxylic acid groups (broad SMARTS) is 1. The molecule has 20 heavy (non-hydrogen) atoms. The third-order valence-electron chi connectivity index (χ3n) is 2.90. The summed E-state index contributed by atoms with van der Waals surface area (Å²) in [5.41, 5.74) is 1.88. The van der Waals surface area contributed by atoms with E-state index >= 15 is 0 Å². The van der Waals surface area contributed by atoms with Crippen molar-refractivity contribution < 1.29 is 14.6 Å². The smallest absolute Gasteiger partial charge is 0.346 e. The summed E-state index contributed by atoms with van der Waals surface area (Å²) < 4.78 is 5.64. The van der Waals surface area contributed by atoms with Crippen LogP contribution in [-0.4, -0.2) is 16.1 Å². The second kappa shape index (κ2) is 5.30. The molecular weight excluding hydrogens is 274 g/mol. The van der Waals surface area contributed by atoms with Crippen molar-refractivity contribution in [2.45, 2.75) is 6.61 Å². The van der Waals surface area contributed by atoms with E-state index in [1.807, 2.05) is 30.3 Å². The maximum Gasteiger partial charge on any atom is 0.346 e. The fourth-order valence-electron chi connectivity index (χ4n) is 1.95. The number of nitrogens with zero attached hydrogens (tertiary/aromatic N) is 1. The van der Waals surface area contributed by atoms with Gasteiger partial charge in [0.05, 0.1) is 5.52 Å². The van der Waals surface area contributed by atoms with E-state index in [2.05, 4.69) is 4.98 Å². The van der Waals surface area contributed by atoms with Crippen molar-refractivity contribution >= 4 is 28.2 Å². The number of fused-ring (bicyclic) bond motifs is 1. The van der Waals surface area contributed by atoms with Gasteiger partial charge in [0, 0.05) is 28.6 Å². The molecule has 0 aliphatic carbocycles. The summed E-state index contributed by atoms with van der Waals surface area (Å²) in [5, 5.41) is 11.6. The van der Waals surface area contributed by atoms with E-state index in [4.69, 9.17) is 9.84 Å². The topological polar surface area (TPSA) is 59.4 Å². The first kappa shape index (κ1) is 12.6. The third-order valence-corrected chi connectivity index (χ3v) is 3.79. The van der Waals surface area contributed by atoms with Crippen LogP contribution in [0.4, 0.5) is 0 Å². The number of carboxylic acids is 1. The molecule has 0 amide bonds. The van der Waals surface area contributed by atoms with E-state index < -0.39 is 5.97 Å². The lowest BCUT2D eigenvalue weighted by molar-refractivity contribution is 0.0702. The Morgan fingerprint density at radius 3 is 2.95 bits per heavy atom. The Balaban J connectivity index is 1.81. The molecule has 0 aliphatic rings. The van der Waals surface area contributed by atoms with Gasteiger partial charge in [-0.1, -0.05) is 24.3 Å². The molecule has 1 N–H and O–H groups in total. The third kappa shape index (κ3) is 2.48. The average molecular weight is 285 g/mol. The lowest BCUT2D eigenvalue weighted by Crippen LogP contribution is -1.97. The molecule has 0 radical (unpaired) electrons. The number of hydrogen-bond acceptors (Lipinski definition) is 4. The summed E-state index contributed by atoms with van der Waals surface area (Å²) in [6.45, 7) is 0.365. The van der Waals surface area contributed by atoms with Gasteiger partial charge >= 0.3 is 5.97 Å². The number of thiophene rings is 1. The van der Waals surface area contributed by atoms with Crippen LogP contribution in [0.5, 0.6) is 5.75 Å². The number of hydrogen-bond donors (Lipinski definition) is 1. The van der Waals surface area contributed by atoms with Crippen LogP contribution in [0.1, 0.15) is 15.2 Å². The highest BCUT2D eigenvalue weighted by Crippen LogP contribution is 2.23. The van der Waals surface area contributed by atoms with E-state index in [9.17, 15) is 4.79 Å². The van der Waals surface area contributed by atoms with Gasteiger partial charge in [-0.15, -0.1) is 11.3 Å². The lowest BCUT2D eigenvalue weighted by Gasteiger charge is -2.06. The summed E-state index contributed by atoms with van der Waals surface area (Å²) in [6, 6.07) is 11.3. The molecule has 0 saturated heterocycles. The van der Waals surface area contributed by atoms with Gasteiger partial charge in [-0.3, -0.25) is 4.98 Å². The van der Waals surface area contributed by atoms with Crippen LogP contribution in [0.25, 0.3) is 10.9 Å². The van der Waals surface area contributed by atoms with Crippen LogP contribution in [0.2, 0.25) is 0 Å². The summed E-state index contributed by atoms with van der Waals surface area (Å²) in [7, 11) is 0. The fourth-order valence-corrected chi connectivity index (χ4v) is 2.62. The number of aromatic nitrogens is 1. The molecule has 3 aromatic rings. The van der Waals surface area contributed by atoms with Crippen LogP contribution in [0, 0.1) is 0 Å². The zero-order valence-electron chi connectivity index (χ0n) is 10.4. The van der Waals surface area contributed by atoms with Gasteiger partial charge in [0.25, 0.3) is 0 Å². The van der Waals surface area contributed by atoms with Gasteiger partial charge in [-0.2, -0.15) is 0 Å². The van der Waals surface area contributed by atoms with Crippen molar-refractivity contribution in [2.75, 3.05) is 0 Å². The molecule has 2 heterocycles. The number of para-hydroxylation sites is 1. The van der Waals surface area contributed by atoms with Crippen LogP contribution in [0.3, 0.4) is 0 Å². The Morgan fingerprint density at radius 2 is 2.15 bits per heavy atom. The Labute approximate surface area is 119 Å². The van der Waals surface area contributed by atoms with E-state index in [0.717, 1.165) is 27.8 Å². The number of pyridine rings is 1. The number of aromatic carboxylic acids is 1. The number of carbonyl (C=O) groups is 1. The normalized spacial score (nSPS) is 10.6. The summed E-state index contributed by atoms with van der Waals surface area (Å²) in [6.07, 6.45) is 1.75. The Hall–Kier alpha value is -2.40. The molecule has 4 nitrogen and oxygen atoms in total. The Morgan fingerprint density at radius 1 is 1.30 bits per heavy atom. The van der Waals surface area contributed by atoms with Crippen molar-refractivity contribution in [3.8, 4) is 5.75 Å². The first-order valence-electron chi connectivity index (χ1n) is 6.01. The van der Waals surface area contributed by atoms with Gasteiger partial charge in [0.1, 0.15) is 17.2 Å². The molecule has 0 unspecified atom stereocenters. The van der Waals surface area contributed by atoms with Crippen molar-refractivity contribution in [3.05, 3.63) is 58.4 Å². The van der Waals surface area contributed by atoms with Crippen LogP contribution < -0.4 is 4.74 Å². The fraction of sp³-hybridized carbons (Fsp3) is 0.0667. The van der Waals surface area contributed by atoms with Crippen molar-refractivity contribution in [1.82, 2.24) is 4.98 Å². The number of rotatable bonds is 4. The minimum Gasteiger partial charge on any atom is -0.488 e.